The molecule has 9 heteroatoms. The number of carbonyl (C=O) groups excluding carboxylic acids is 1. The third-order valence-electron chi connectivity index (χ3n) is 6.19. The van der Waals surface area contributed by atoms with Gasteiger partial charge in [0.05, 0.1) is 17.6 Å². The zero-order valence-electron chi connectivity index (χ0n) is 18.1. The average molecular weight is 432 g/mol. The summed E-state index contributed by atoms with van der Waals surface area (Å²) in [6.07, 6.45) is 5.90. The first kappa shape index (κ1) is 20.0. The summed E-state index contributed by atoms with van der Waals surface area (Å²) >= 11 is 0. The Balaban J connectivity index is 1.37. The SMILES string of the molecule is CN(c1ccccc1NC=O)C1CCN(c2ncnc3c2nc(-c2ccco2)n3C)CC1. The fourth-order valence-corrected chi connectivity index (χ4v) is 4.47. The molecule has 1 saturated heterocycles. The maximum Gasteiger partial charge on any atom is 0.211 e. The first-order chi connectivity index (χ1) is 15.7. The van der Waals surface area contributed by atoms with Crippen LogP contribution in [0.25, 0.3) is 22.7 Å². The molecule has 0 unspecified atom stereocenters. The molecule has 1 amide bonds. The molecule has 1 aliphatic rings. The molecule has 32 heavy (non-hydrogen) atoms. The minimum Gasteiger partial charge on any atom is -0.461 e. The smallest absolute Gasteiger partial charge is 0.211 e. The molecule has 1 aromatic carbocycles. The largest absolute Gasteiger partial charge is 0.461 e. The van der Waals surface area contributed by atoms with Gasteiger partial charge in [-0.3, -0.25) is 4.79 Å². The minimum atomic E-state index is 0.362. The van der Waals surface area contributed by atoms with Gasteiger partial charge in [0.1, 0.15) is 6.33 Å². The zero-order chi connectivity index (χ0) is 22.1. The summed E-state index contributed by atoms with van der Waals surface area (Å²) in [7, 11) is 4.03. The lowest BCUT2D eigenvalue weighted by atomic mass is 10.0. The van der Waals surface area contributed by atoms with Crippen molar-refractivity contribution in [2.75, 3.05) is 35.3 Å². The maximum atomic E-state index is 11.0. The van der Waals surface area contributed by atoms with Crippen molar-refractivity contribution in [2.24, 2.45) is 7.05 Å². The highest BCUT2D eigenvalue weighted by atomic mass is 16.3. The molecule has 3 aromatic heterocycles. The first-order valence-electron chi connectivity index (χ1n) is 10.7. The standard InChI is InChI=1S/C23H25N7O2/c1-28(18-7-4-3-6-17(18)26-15-31)16-9-11-30(12-10-16)23-20-22(24-14-25-23)29(2)21(27-20)19-8-5-13-32-19/h3-8,13-16H,9-12H2,1-2H3,(H,26,31). The zero-order valence-corrected chi connectivity index (χ0v) is 18.1. The van der Waals surface area contributed by atoms with Crippen LogP contribution in [0.4, 0.5) is 17.2 Å². The summed E-state index contributed by atoms with van der Waals surface area (Å²) in [5.41, 5.74) is 3.42. The van der Waals surface area contributed by atoms with E-state index in [0.29, 0.717) is 11.8 Å². The van der Waals surface area contributed by atoms with Crippen molar-refractivity contribution in [2.45, 2.75) is 18.9 Å². The maximum absolute atomic E-state index is 11.0. The van der Waals surface area contributed by atoms with Crippen LogP contribution in [-0.2, 0) is 11.8 Å². The van der Waals surface area contributed by atoms with Crippen LogP contribution >= 0.6 is 0 Å². The van der Waals surface area contributed by atoms with E-state index in [-0.39, 0.29) is 0 Å². The molecule has 0 bridgehead atoms. The van der Waals surface area contributed by atoms with Gasteiger partial charge in [0.2, 0.25) is 6.41 Å². The lowest BCUT2D eigenvalue weighted by Crippen LogP contribution is -2.44. The van der Waals surface area contributed by atoms with Gasteiger partial charge in [-0.05, 0) is 37.1 Å². The second kappa shape index (κ2) is 8.33. The molecule has 0 atom stereocenters. The number of nitrogens with one attached hydrogen (secondary N) is 1. The number of piperidine rings is 1. The van der Waals surface area contributed by atoms with Crippen molar-refractivity contribution in [1.29, 1.82) is 0 Å². The van der Waals surface area contributed by atoms with Gasteiger partial charge in [-0.1, -0.05) is 12.1 Å². The number of nitrogens with zero attached hydrogens (tertiary/aromatic N) is 6. The molecule has 4 aromatic rings. The normalized spacial score (nSPS) is 14.6. The third-order valence-corrected chi connectivity index (χ3v) is 6.19. The van der Waals surface area contributed by atoms with Crippen LogP contribution in [-0.4, -0.2) is 52.1 Å². The predicted octanol–water partition coefficient (Wildman–Crippen LogP) is 3.30. The van der Waals surface area contributed by atoms with Crippen LogP contribution < -0.4 is 15.1 Å². The Morgan fingerprint density at radius 3 is 2.72 bits per heavy atom. The minimum absolute atomic E-state index is 0.362. The Kier molecular flexibility index (Phi) is 5.22. The molecular formula is C23H25N7O2. The Hall–Kier alpha value is -3.88. The number of aryl methyl sites for hydroxylation is 1. The second-order valence-corrected chi connectivity index (χ2v) is 7.95. The lowest BCUT2D eigenvalue weighted by molar-refractivity contribution is -0.105. The topological polar surface area (TPSA) is 92.3 Å². The van der Waals surface area contributed by atoms with Crippen LogP contribution in [0.2, 0.25) is 0 Å². The fourth-order valence-electron chi connectivity index (χ4n) is 4.47. The van der Waals surface area contributed by atoms with E-state index in [9.17, 15) is 4.79 Å². The lowest BCUT2D eigenvalue weighted by Gasteiger charge is -2.38. The molecule has 9 nitrogen and oxygen atoms in total. The first-order valence-corrected chi connectivity index (χ1v) is 10.7. The molecule has 1 aliphatic heterocycles. The summed E-state index contributed by atoms with van der Waals surface area (Å²) < 4.78 is 7.49. The summed E-state index contributed by atoms with van der Waals surface area (Å²) in [5.74, 6) is 2.30. The number of anilines is 3. The van der Waals surface area contributed by atoms with Crippen molar-refractivity contribution in [3.63, 3.8) is 0 Å². The van der Waals surface area contributed by atoms with Crippen LogP contribution in [0.5, 0.6) is 0 Å². The predicted molar refractivity (Wildman–Crippen MR) is 124 cm³/mol. The third kappa shape index (κ3) is 3.45. The van der Waals surface area contributed by atoms with Gasteiger partial charge < -0.3 is 24.1 Å². The summed E-state index contributed by atoms with van der Waals surface area (Å²) in [5, 5.41) is 2.80. The number of aromatic nitrogens is 4. The van der Waals surface area contributed by atoms with Crippen molar-refractivity contribution in [1.82, 2.24) is 19.5 Å². The summed E-state index contributed by atoms with van der Waals surface area (Å²) in [6, 6.07) is 12.0. The number of rotatable bonds is 6. The molecule has 0 aliphatic carbocycles. The van der Waals surface area contributed by atoms with E-state index >= 15 is 0 Å². The van der Waals surface area contributed by atoms with Crippen molar-refractivity contribution < 1.29 is 9.21 Å². The molecule has 0 radical (unpaired) electrons. The van der Waals surface area contributed by atoms with Gasteiger partial charge >= 0.3 is 0 Å². The van der Waals surface area contributed by atoms with E-state index in [4.69, 9.17) is 9.40 Å². The van der Waals surface area contributed by atoms with E-state index in [1.807, 2.05) is 48.0 Å². The molecule has 1 N–H and O–H groups in total. The molecule has 4 heterocycles. The second-order valence-electron chi connectivity index (χ2n) is 7.95. The number of furan rings is 1. The number of para-hydroxylation sites is 2. The quantitative estimate of drug-likeness (QED) is 0.468. The van der Waals surface area contributed by atoms with Gasteiger partial charge in [0.15, 0.2) is 28.6 Å². The molecule has 0 saturated carbocycles. The van der Waals surface area contributed by atoms with Crippen molar-refractivity contribution in [3.05, 3.63) is 49.0 Å². The monoisotopic (exact) mass is 431 g/mol. The van der Waals surface area contributed by atoms with E-state index in [2.05, 4.69) is 32.1 Å². The van der Waals surface area contributed by atoms with Crippen molar-refractivity contribution in [3.8, 4) is 11.6 Å². The van der Waals surface area contributed by atoms with Gasteiger partial charge in [-0.15, -0.1) is 0 Å². The molecule has 164 valence electrons. The van der Waals surface area contributed by atoms with Crippen molar-refractivity contribution >= 4 is 34.8 Å². The van der Waals surface area contributed by atoms with E-state index < -0.39 is 0 Å². The van der Waals surface area contributed by atoms with Crippen LogP contribution in [0.3, 0.4) is 0 Å². The van der Waals surface area contributed by atoms with Gasteiger partial charge in [0.25, 0.3) is 0 Å². The highest BCUT2D eigenvalue weighted by Gasteiger charge is 2.27. The number of imidazole rings is 1. The number of benzene rings is 1. The average Bonchev–Trinajstić information content (AvgIpc) is 3.48. The van der Waals surface area contributed by atoms with Gasteiger partial charge in [-0.2, -0.15) is 0 Å². The number of amides is 1. The highest BCUT2D eigenvalue weighted by Crippen LogP contribution is 2.32. The Bertz CT molecular complexity index is 1230. The Labute approximate surface area is 185 Å². The molecule has 1 fully saturated rings. The number of hydrogen-bond acceptors (Lipinski definition) is 7. The van der Waals surface area contributed by atoms with E-state index in [1.54, 1.807) is 12.6 Å². The number of carbonyl (C=O) groups is 1. The van der Waals surface area contributed by atoms with E-state index in [1.165, 1.54) is 0 Å². The fraction of sp³-hybridized carbons (Fsp3) is 0.304. The molecular weight excluding hydrogens is 406 g/mol. The summed E-state index contributed by atoms with van der Waals surface area (Å²) in [4.78, 5) is 29.4. The molecule has 5 rings (SSSR count). The van der Waals surface area contributed by atoms with Gasteiger partial charge in [-0.25, -0.2) is 15.0 Å². The van der Waals surface area contributed by atoms with Crippen LogP contribution in [0.15, 0.2) is 53.4 Å². The van der Waals surface area contributed by atoms with Crippen LogP contribution in [0, 0.1) is 0 Å². The highest BCUT2D eigenvalue weighted by molar-refractivity contribution is 5.86. The Morgan fingerprint density at radius 1 is 1.16 bits per heavy atom. The number of hydrogen-bond donors (Lipinski definition) is 1. The molecule has 0 spiro atoms. The van der Waals surface area contributed by atoms with Crippen LogP contribution in [0.1, 0.15) is 12.8 Å². The number of fused-ring (bicyclic) bond motifs is 1. The summed E-state index contributed by atoms with van der Waals surface area (Å²) in [6.45, 7) is 1.72. The Morgan fingerprint density at radius 2 is 1.97 bits per heavy atom. The van der Waals surface area contributed by atoms with Gasteiger partial charge in [0, 0.05) is 33.2 Å². The van der Waals surface area contributed by atoms with E-state index in [0.717, 1.165) is 66.5 Å².